The molecular weight excluding hydrogens is 541 g/mol. The van der Waals surface area contributed by atoms with E-state index in [2.05, 4.69) is 25.9 Å². The largest absolute Gasteiger partial charge is 0.480 e. The SMILES string of the molecule is COc1nnc(Cl)cc1C(CC(F)F)n1cc(NC(=O)[C@@H](NC(=O)OC(C)(C)C)C(C2CC2)C2CC2)c(F)n1. The van der Waals surface area contributed by atoms with Crippen LogP contribution in [-0.4, -0.2) is 57.2 Å². The molecule has 2 N–H and O–H groups in total. The molecule has 2 aromatic rings. The van der Waals surface area contributed by atoms with Gasteiger partial charge in [0.15, 0.2) is 5.15 Å². The van der Waals surface area contributed by atoms with Crippen LogP contribution in [-0.2, 0) is 9.53 Å². The number of methoxy groups -OCH3 is 1. The molecule has 2 saturated carbocycles. The Morgan fingerprint density at radius 1 is 1.18 bits per heavy atom. The molecule has 0 radical (unpaired) electrons. The molecule has 1 unspecified atom stereocenters. The number of amides is 2. The fourth-order valence-electron chi connectivity index (χ4n) is 4.80. The van der Waals surface area contributed by atoms with Gasteiger partial charge in [0.2, 0.25) is 18.2 Å². The van der Waals surface area contributed by atoms with Gasteiger partial charge in [0.1, 0.15) is 17.3 Å². The van der Waals surface area contributed by atoms with Crippen molar-refractivity contribution in [3.05, 3.63) is 28.9 Å². The van der Waals surface area contributed by atoms with E-state index in [1.165, 1.54) is 13.2 Å². The summed E-state index contributed by atoms with van der Waals surface area (Å²) in [4.78, 5) is 26.1. The first-order valence-electron chi connectivity index (χ1n) is 12.8. The van der Waals surface area contributed by atoms with Crippen LogP contribution in [0.4, 0.5) is 23.7 Å². The van der Waals surface area contributed by atoms with Gasteiger partial charge >= 0.3 is 6.09 Å². The zero-order valence-corrected chi connectivity index (χ0v) is 22.8. The van der Waals surface area contributed by atoms with E-state index in [1.54, 1.807) is 20.8 Å². The number of hydrogen-bond acceptors (Lipinski definition) is 7. The number of hydrogen-bond donors (Lipinski definition) is 2. The maximum absolute atomic E-state index is 15.0. The van der Waals surface area contributed by atoms with Crippen LogP contribution in [0.2, 0.25) is 5.15 Å². The summed E-state index contributed by atoms with van der Waals surface area (Å²) in [5.74, 6) is -1.40. The van der Waals surface area contributed by atoms with Crippen molar-refractivity contribution in [2.24, 2.45) is 17.8 Å². The maximum atomic E-state index is 15.0. The number of nitrogens with one attached hydrogen (secondary N) is 2. The third-order valence-corrected chi connectivity index (χ3v) is 6.83. The summed E-state index contributed by atoms with van der Waals surface area (Å²) in [7, 11) is 1.28. The van der Waals surface area contributed by atoms with Crippen molar-refractivity contribution in [2.45, 2.75) is 77.0 Å². The van der Waals surface area contributed by atoms with Crippen molar-refractivity contribution in [1.29, 1.82) is 0 Å². The lowest BCUT2D eigenvalue weighted by Gasteiger charge is -2.28. The lowest BCUT2D eigenvalue weighted by Crippen LogP contribution is -2.51. The summed E-state index contributed by atoms with van der Waals surface area (Å²) in [6.45, 7) is 5.13. The molecule has 0 aromatic carbocycles. The Morgan fingerprint density at radius 3 is 2.36 bits per heavy atom. The highest BCUT2D eigenvalue weighted by Gasteiger charge is 2.48. The summed E-state index contributed by atoms with van der Waals surface area (Å²) >= 11 is 5.93. The molecule has 2 aliphatic rings. The predicted octanol–water partition coefficient (Wildman–Crippen LogP) is 4.99. The van der Waals surface area contributed by atoms with Gasteiger partial charge < -0.3 is 20.1 Å². The number of nitrogens with zero attached hydrogens (tertiary/aromatic N) is 4. The Labute approximate surface area is 229 Å². The number of rotatable bonds is 11. The van der Waals surface area contributed by atoms with Crippen LogP contribution in [0.1, 0.15) is 64.5 Å². The molecule has 2 aromatic heterocycles. The monoisotopic (exact) mass is 572 g/mol. The molecule has 2 amide bonds. The minimum atomic E-state index is -2.79. The van der Waals surface area contributed by atoms with Crippen molar-refractivity contribution >= 4 is 29.3 Å². The number of carbonyl (C=O) groups excluding carboxylic acids is 2. The van der Waals surface area contributed by atoms with Crippen molar-refractivity contribution in [3.63, 3.8) is 0 Å². The highest BCUT2D eigenvalue weighted by atomic mass is 35.5. The van der Waals surface area contributed by atoms with Crippen LogP contribution in [0, 0.1) is 23.7 Å². The number of carbonyl (C=O) groups is 2. The maximum Gasteiger partial charge on any atom is 0.408 e. The van der Waals surface area contributed by atoms with Gasteiger partial charge in [-0.25, -0.2) is 13.6 Å². The third-order valence-electron chi connectivity index (χ3n) is 6.65. The zero-order valence-electron chi connectivity index (χ0n) is 22.1. The van der Waals surface area contributed by atoms with Gasteiger partial charge in [0.05, 0.1) is 19.3 Å². The molecule has 2 heterocycles. The van der Waals surface area contributed by atoms with Gasteiger partial charge in [0.25, 0.3) is 5.95 Å². The van der Waals surface area contributed by atoms with E-state index < -0.39 is 48.5 Å². The van der Waals surface area contributed by atoms with Crippen LogP contribution in [0.3, 0.4) is 0 Å². The van der Waals surface area contributed by atoms with E-state index >= 15 is 4.39 Å². The van der Waals surface area contributed by atoms with E-state index in [4.69, 9.17) is 21.1 Å². The highest BCUT2D eigenvalue weighted by Crippen LogP contribution is 2.51. The topological polar surface area (TPSA) is 120 Å². The fraction of sp³-hybridized carbons (Fsp3) is 0.640. The Bertz CT molecular complexity index is 1190. The van der Waals surface area contributed by atoms with Crippen LogP contribution in [0.25, 0.3) is 0 Å². The molecule has 0 saturated heterocycles. The molecule has 2 aliphatic carbocycles. The summed E-state index contributed by atoms with van der Waals surface area (Å²) in [5, 5.41) is 16.3. The molecule has 14 heteroatoms. The first-order chi connectivity index (χ1) is 18.4. The van der Waals surface area contributed by atoms with Crippen LogP contribution >= 0.6 is 11.6 Å². The molecule has 2 atom stereocenters. The molecule has 39 heavy (non-hydrogen) atoms. The van der Waals surface area contributed by atoms with Crippen molar-refractivity contribution in [3.8, 4) is 5.88 Å². The van der Waals surface area contributed by atoms with Gasteiger partial charge in [-0.05, 0) is 70.3 Å². The third kappa shape index (κ3) is 7.52. The first kappa shape index (κ1) is 28.9. The Balaban J connectivity index is 1.60. The zero-order chi connectivity index (χ0) is 28.5. The number of anilines is 1. The van der Waals surface area contributed by atoms with E-state index in [0.29, 0.717) is 0 Å². The average Bonchev–Trinajstić information content (AvgIpc) is 3.76. The lowest BCUT2D eigenvalue weighted by atomic mass is 9.88. The minimum absolute atomic E-state index is 0.0755. The Morgan fingerprint density at radius 2 is 1.82 bits per heavy atom. The molecule has 0 aliphatic heterocycles. The normalized spacial score (nSPS) is 17.2. The quantitative estimate of drug-likeness (QED) is 0.389. The second kappa shape index (κ2) is 11.6. The number of aromatic nitrogens is 4. The second-order valence-electron chi connectivity index (χ2n) is 11.0. The number of alkyl carbamates (subject to hydrolysis) is 1. The van der Waals surface area contributed by atoms with E-state index in [-0.39, 0.29) is 40.0 Å². The molecular formula is C25H32ClF3N6O4. The lowest BCUT2D eigenvalue weighted by molar-refractivity contribution is -0.120. The average molecular weight is 573 g/mol. The smallest absolute Gasteiger partial charge is 0.408 e. The summed E-state index contributed by atoms with van der Waals surface area (Å²) < 4.78 is 53.6. The molecule has 0 bridgehead atoms. The molecule has 2 fully saturated rings. The predicted molar refractivity (Wildman–Crippen MR) is 135 cm³/mol. The fourth-order valence-corrected chi connectivity index (χ4v) is 4.96. The van der Waals surface area contributed by atoms with E-state index in [9.17, 15) is 18.4 Å². The van der Waals surface area contributed by atoms with Gasteiger partial charge in [0, 0.05) is 12.0 Å². The molecule has 4 rings (SSSR count). The van der Waals surface area contributed by atoms with Crippen LogP contribution < -0.4 is 15.4 Å². The van der Waals surface area contributed by atoms with E-state index in [0.717, 1.165) is 36.6 Å². The summed E-state index contributed by atoms with van der Waals surface area (Å²) in [5.41, 5.74) is -0.990. The van der Waals surface area contributed by atoms with Crippen molar-refractivity contribution in [1.82, 2.24) is 25.3 Å². The first-order valence-corrected chi connectivity index (χ1v) is 13.1. The number of ether oxygens (including phenoxy) is 2. The van der Waals surface area contributed by atoms with Crippen molar-refractivity contribution < 1.29 is 32.2 Å². The molecule has 214 valence electrons. The van der Waals surface area contributed by atoms with Gasteiger partial charge in [-0.2, -0.15) is 4.39 Å². The molecule has 10 nitrogen and oxygen atoms in total. The van der Waals surface area contributed by atoms with Gasteiger partial charge in [-0.15, -0.1) is 15.3 Å². The minimum Gasteiger partial charge on any atom is -0.480 e. The van der Waals surface area contributed by atoms with E-state index in [1.807, 2.05) is 0 Å². The highest BCUT2D eigenvalue weighted by molar-refractivity contribution is 6.29. The van der Waals surface area contributed by atoms with Crippen molar-refractivity contribution in [2.75, 3.05) is 12.4 Å². The molecule has 0 spiro atoms. The van der Waals surface area contributed by atoms with Gasteiger partial charge in [-0.1, -0.05) is 11.6 Å². The number of halogens is 4. The Hall–Kier alpha value is -3.09. The Kier molecular flexibility index (Phi) is 8.57. The summed E-state index contributed by atoms with van der Waals surface area (Å²) in [6.07, 6.45) is 0.552. The van der Waals surface area contributed by atoms with Crippen LogP contribution in [0.15, 0.2) is 12.3 Å². The van der Waals surface area contributed by atoms with Crippen LogP contribution in [0.5, 0.6) is 5.88 Å². The standard InChI is InChI=1S/C25H32ClF3N6O4/c1-25(2,3)39-24(37)31-20(19(12-5-6-12)13-7-8-13)22(36)30-15-11-35(34-21(15)29)16(10-18(27)28)14-9-17(26)32-33-23(14)38-4/h9,11-13,16,18-20H,5-8,10H2,1-4H3,(H,30,36)(H,31,37)/t16?,20-/m0/s1. The number of alkyl halides is 2. The summed E-state index contributed by atoms with van der Waals surface area (Å²) in [6, 6.07) is -0.910. The second-order valence-corrected chi connectivity index (χ2v) is 11.3. The van der Waals surface area contributed by atoms with Gasteiger partial charge in [-0.3, -0.25) is 9.48 Å².